The zero-order valence-corrected chi connectivity index (χ0v) is 25.3. The van der Waals surface area contributed by atoms with Crippen LogP contribution in [0.3, 0.4) is 0 Å². The van der Waals surface area contributed by atoms with Gasteiger partial charge in [0.25, 0.3) is 5.91 Å². The van der Waals surface area contributed by atoms with E-state index in [1.807, 2.05) is 4.90 Å². The second kappa shape index (κ2) is 13.4. The molecule has 242 valence electrons. The van der Waals surface area contributed by atoms with Gasteiger partial charge in [-0.2, -0.15) is 0 Å². The van der Waals surface area contributed by atoms with Crippen molar-refractivity contribution in [3.63, 3.8) is 0 Å². The smallest absolute Gasteiger partial charge is 0.255 e. The van der Waals surface area contributed by atoms with Gasteiger partial charge in [-0.1, -0.05) is 6.07 Å². The topological polar surface area (TPSA) is 120 Å². The fourth-order valence-electron chi connectivity index (χ4n) is 7.09. The maximum absolute atomic E-state index is 14.7. The SMILES string of the molecule is CC(=O)N1CCC(N2C[C@@H]3C[C@H]2C(=O)NC[C@H]2O[C@H](CCOc4cc(-c5ccc(F)cc5F)ccc4C(=O)N3)CC[C@@H]2O)CC1. The van der Waals surface area contributed by atoms with Gasteiger partial charge in [0.05, 0.1) is 30.4 Å². The van der Waals surface area contributed by atoms with Gasteiger partial charge < -0.3 is 30.1 Å². The number of ether oxygens (including phenoxy) is 2. The number of amides is 3. The average molecular weight is 627 g/mol. The van der Waals surface area contributed by atoms with Gasteiger partial charge in [-0.05, 0) is 61.9 Å². The van der Waals surface area contributed by atoms with Crippen LogP contribution in [-0.4, -0.2) is 102 Å². The molecule has 45 heavy (non-hydrogen) atoms. The Morgan fingerprint density at radius 1 is 1.00 bits per heavy atom. The molecular formula is C33H40F2N4O6. The van der Waals surface area contributed by atoms with Gasteiger partial charge in [-0.25, -0.2) is 8.78 Å². The number of carbonyl (C=O) groups excluding carboxylic acids is 3. The fraction of sp³-hybridized carbons (Fsp3) is 0.545. The third-order valence-corrected chi connectivity index (χ3v) is 9.58. The lowest BCUT2D eigenvalue weighted by Gasteiger charge is -2.39. The molecule has 6 rings (SSSR count). The highest BCUT2D eigenvalue weighted by Gasteiger charge is 2.42. The first kappa shape index (κ1) is 31.4. The maximum atomic E-state index is 14.7. The lowest BCUT2D eigenvalue weighted by Crippen LogP contribution is -2.54. The van der Waals surface area contributed by atoms with Gasteiger partial charge >= 0.3 is 0 Å². The standard InChI is InChI=1S/C33H40F2N4O6/c1-19(40)38-11-8-23(9-12-38)39-18-22-16-28(39)33(43)36-17-31-29(41)7-4-24(45-31)10-13-44-30-14-20(2-5-26(30)32(42)37-22)25-6-3-21(34)15-27(25)35/h2-3,5-6,14-15,22-24,28-29,31,41H,4,7-13,16-18H2,1H3,(H,36,43)(H,37,42)/t22-,24-,28-,29-,31+/m0/s1. The van der Waals surface area contributed by atoms with E-state index in [4.69, 9.17) is 9.47 Å². The number of benzene rings is 2. The van der Waals surface area contributed by atoms with Crippen LogP contribution in [0.4, 0.5) is 8.78 Å². The van der Waals surface area contributed by atoms with E-state index in [0.29, 0.717) is 50.9 Å². The molecule has 4 bridgehead atoms. The third-order valence-electron chi connectivity index (χ3n) is 9.58. The molecular weight excluding hydrogens is 586 g/mol. The van der Waals surface area contributed by atoms with E-state index < -0.39 is 29.9 Å². The number of aliphatic hydroxyl groups is 1. The molecule has 0 unspecified atom stereocenters. The van der Waals surface area contributed by atoms with Crippen LogP contribution in [0.2, 0.25) is 0 Å². The average Bonchev–Trinajstić information content (AvgIpc) is 3.44. The summed E-state index contributed by atoms with van der Waals surface area (Å²) >= 11 is 0. The summed E-state index contributed by atoms with van der Waals surface area (Å²) in [6, 6.07) is 7.32. The van der Waals surface area contributed by atoms with Crippen molar-refractivity contribution in [2.45, 2.75) is 81.9 Å². The highest BCUT2D eigenvalue weighted by molar-refractivity contribution is 5.98. The number of likely N-dealkylation sites (tertiary alicyclic amines) is 2. The van der Waals surface area contributed by atoms with Gasteiger partial charge in [-0.15, -0.1) is 0 Å². The molecule has 0 spiro atoms. The maximum Gasteiger partial charge on any atom is 0.255 e. The number of nitrogens with zero attached hydrogens (tertiary/aromatic N) is 2. The Hall–Kier alpha value is -3.61. The monoisotopic (exact) mass is 626 g/mol. The van der Waals surface area contributed by atoms with Gasteiger partial charge in [0.15, 0.2) is 0 Å². The molecule has 0 aromatic heterocycles. The Bertz CT molecular complexity index is 1430. The van der Waals surface area contributed by atoms with E-state index >= 15 is 0 Å². The van der Waals surface area contributed by atoms with Crippen LogP contribution < -0.4 is 15.4 Å². The Labute approximate surface area is 261 Å². The molecule has 3 fully saturated rings. The normalized spacial score (nSPS) is 28.5. The van der Waals surface area contributed by atoms with E-state index in [1.165, 1.54) is 12.1 Å². The minimum Gasteiger partial charge on any atom is -0.493 e. The van der Waals surface area contributed by atoms with Gasteiger partial charge in [-0.3, -0.25) is 19.3 Å². The zero-order valence-electron chi connectivity index (χ0n) is 25.3. The summed E-state index contributed by atoms with van der Waals surface area (Å²) in [4.78, 5) is 43.2. The van der Waals surface area contributed by atoms with Crippen LogP contribution in [0.15, 0.2) is 36.4 Å². The van der Waals surface area contributed by atoms with Crippen molar-refractivity contribution in [2.75, 3.05) is 32.8 Å². The summed E-state index contributed by atoms with van der Waals surface area (Å²) in [5.41, 5.74) is 0.880. The number of hydrogen-bond donors (Lipinski definition) is 3. The highest BCUT2D eigenvalue weighted by atomic mass is 19.1. The first-order valence-corrected chi connectivity index (χ1v) is 15.8. The molecule has 12 heteroatoms. The minimum atomic E-state index is -0.725. The molecule has 2 aromatic rings. The second-order valence-electron chi connectivity index (χ2n) is 12.5. The van der Waals surface area contributed by atoms with Crippen LogP contribution in [0.5, 0.6) is 5.75 Å². The summed E-state index contributed by atoms with van der Waals surface area (Å²) in [5, 5.41) is 16.7. The van der Waals surface area contributed by atoms with Crippen LogP contribution >= 0.6 is 0 Å². The lowest BCUT2D eigenvalue weighted by molar-refractivity contribution is -0.135. The number of rotatable bonds is 2. The number of hydrogen-bond acceptors (Lipinski definition) is 7. The highest BCUT2D eigenvalue weighted by Crippen LogP contribution is 2.32. The number of fused-ring (bicyclic) bond motifs is 5. The summed E-state index contributed by atoms with van der Waals surface area (Å²) in [5.74, 6) is -1.68. The van der Waals surface area contributed by atoms with Crippen molar-refractivity contribution in [3.8, 4) is 16.9 Å². The summed E-state index contributed by atoms with van der Waals surface area (Å²) < 4.78 is 40.6. The Morgan fingerprint density at radius 2 is 1.78 bits per heavy atom. The predicted octanol–water partition coefficient (Wildman–Crippen LogP) is 2.62. The van der Waals surface area contributed by atoms with Gasteiger partial charge in [0.2, 0.25) is 11.8 Å². The molecule has 3 saturated heterocycles. The van der Waals surface area contributed by atoms with E-state index in [9.17, 15) is 28.3 Å². The first-order chi connectivity index (χ1) is 21.7. The van der Waals surface area contributed by atoms with Crippen molar-refractivity contribution >= 4 is 17.7 Å². The minimum absolute atomic E-state index is 0.0298. The molecule has 3 N–H and O–H groups in total. The molecule has 4 aliphatic rings. The van der Waals surface area contributed by atoms with Crippen molar-refractivity contribution in [2.24, 2.45) is 0 Å². The molecule has 0 aliphatic carbocycles. The van der Waals surface area contributed by atoms with E-state index in [-0.39, 0.29) is 65.9 Å². The van der Waals surface area contributed by atoms with Crippen LogP contribution in [0.1, 0.15) is 55.8 Å². The third kappa shape index (κ3) is 6.97. The molecule has 4 aliphatic heterocycles. The Balaban J connectivity index is 1.29. The van der Waals surface area contributed by atoms with Crippen molar-refractivity contribution < 1.29 is 37.7 Å². The Kier molecular flexibility index (Phi) is 9.34. The summed E-state index contributed by atoms with van der Waals surface area (Å²) in [6.45, 7) is 3.58. The van der Waals surface area contributed by atoms with Crippen molar-refractivity contribution in [3.05, 3.63) is 53.6 Å². The van der Waals surface area contributed by atoms with E-state index in [2.05, 4.69) is 15.5 Å². The number of halogens is 2. The van der Waals surface area contributed by atoms with Crippen LogP contribution in [0.25, 0.3) is 11.1 Å². The van der Waals surface area contributed by atoms with Crippen LogP contribution in [-0.2, 0) is 14.3 Å². The zero-order chi connectivity index (χ0) is 31.7. The van der Waals surface area contributed by atoms with Gasteiger partial charge in [0.1, 0.15) is 23.5 Å². The predicted molar refractivity (Wildman–Crippen MR) is 160 cm³/mol. The van der Waals surface area contributed by atoms with Gasteiger partial charge in [0, 0.05) is 63.2 Å². The molecule has 0 radical (unpaired) electrons. The Morgan fingerprint density at radius 3 is 2.53 bits per heavy atom. The quantitative estimate of drug-likeness (QED) is 0.469. The molecule has 4 heterocycles. The number of carbonyl (C=O) groups is 3. The number of piperidine rings is 1. The number of aliphatic hydroxyl groups excluding tert-OH is 1. The molecule has 5 atom stereocenters. The van der Waals surface area contributed by atoms with Crippen molar-refractivity contribution in [1.82, 2.24) is 20.4 Å². The molecule has 10 nitrogen and oxygen atoms in total. The largest absolute Gasteiger partial charge is 0.493 e. The van der Waals surface area contributed by atoms with Crippen molar-refractivity contribution in [1.29, 1.82) is 0 Å². The molecule has 2 aromatic carbocycles. The molecule has 3 amide bonds. The molecule has 0 saturated carbocycles. The fourth-order valence-corrected chi connectivity index (χ4v) is 7.09. The van der Waals surface area contributed by atoms with Crippen LogP contribution in [0, 0.1) is 11.6 Å². The van der Waals surface area contributed by atoms with E-state index in [0.717, 1.165) is 18.9 Å². The second-order valence-corrected chi connectivity index (χ2v) is 12.5. The lowest BCUT2D eigenvalue weighted by atomic mass is 9.99. The summed E-state index contributed by atoms with van der Waals surface area (Å²) in [7, 11) is 0. The van der Waals surface area contributed by atoms with E-state index in [1.54, 1.807) is 25.1 Å². The number of nitrogens with one attached hydrogen (secondary N) is 2. The first-order valence-electron chi connectivity index (χ1n) is 15.8. The summed E-state index contributed by atoms with van der Waals surface area (Å²) in [6.07, 6.45) is 1.93.